The molecule has 0 radical (unpaired) electrons. The fourth-order valence-corrected chi connectivity index (χ4v) is 4.58. The van der Waals surface area contributed by atoms with Gasteiger partial charge in [0.1, 0.15) is 0 Å². The van der Waals surface area contributed by atoms with Crippen LogP contribution in [0.4, 0.5) is 0 Å². The number of esters is 1. The van der Waals surface area contributed by atoms with Gasteiger partial charge in [-0.3, -0.25) is 9.69 Å². The summed E-state index contributed by atoms with van der Waals surface area (Å²) in [6.07, 6.45) is 6.09. The Kier molecular flexibility index (Phi) is 14.3. The second-order valence-corrected chi connectivity index (χ2v) is 9.22. The minimum atomic E-state index is -0.226. The number of benzene rings is 2. The first-order chi connectivity index (χ1) is 17.6. The number of ether oxygens (including phenoxy) is 2. The van der Waals surface area contributed by atoms with E-state index in [-0.39, 0.29) is 30.6 Å². The number of azide groups is 1. The van der Waals surface area contributed by atoms with Crippen molar-refractivity contribution in [2.45, 2.75) is 83.6 Å². The summed E-state index contributed by atoms with van der Waals surface area (Å²) in [5, 5.41) is 3.72. The Hall–Kier alpha value is -2.86. The van der Waals surface area contributed by atoms with Crippen LogP contribution in [-0.4, -0.2) is 43.2 Å². The monoisotopic (exact) mass is 494 g/mol. The Morgan fingerprint density at radius 2 is 1.75 bits per heavy atom. The Morgan fingerprint density at radius 1 is 1.06 bits per heavy atom. The standard InChI is InChI=1S/C29H42N4O3/c1-4-5-8-18-28(36-23-25-14-9-6-10-15-25)21-27(22-29(34)35-3)33(20-13-19-31-32-30)24(2)26-16-11-7-12-17-26/h6-7,9-12,14-17,24,27-28H,4-5,8,13,18-23H2,1-3H3/t24-,27-,28-/m1/s1. The highest BCUT2D eigenvalue weighted by Crippen LogP contribution is 2.28. The van der Waals surface area contributed by atoms with Crippen molar-refractivity contribution in [2.75, 3.05) is 20.2 Å². The summed E-state index contributed by atoms with van der Waals surface area (Å²) in [5.41, 5.74) is 11.0. The average molecular weight is 495 g/mol. The van der Waals surface area contributed by atoms with E-state index in [0.29, 0.717) is 26.1 Å². The van der Waals surface area contributed by atoms with E-state index in [1.54, 1.807) is 0 Å². The second kappa shape index (κ2) is 17.6. The van der Waals surface area contributed by atoms with Crippen molar-refractivity contribution in [1.29, 1.82) is 0 Å². The van der Waals surface area contributed by atoms with E-state index in [2.05, 4.69) is 53.0 Å². The van der Waals surface area contributed by atoms with Gasteiger partial charge in [0.15, 0.2) is 0 Å². The highest BCUT2D eigenvalue weighted by Gasteiger charge is 2.29. The lowest BCUT2D eigenvalue weighted by Gasteiger charge is -2.38. The Labute approximate surface area is 216 Å². The van der Waals surface area contributed by atoms with E-state index in [4.69, 9.17) is 15.0 Å². The first-order valence-corrected chi connectivity index (χ1v) is 13.1. The molecule has 0 aliphatic carbocycles. The molecule has 0 heterocycles. The van der Waals surface area contributed by atoms with Crippen molar-refractivity contribution in [1.82, 2.24) is 4.90 Å². The van der Waals surface area contributed by atoms with E-state index in [9.17, 15) is 4.79 Å². The van der Waals surface area contributed by atoms with Crippen molar-refractivity contribution in [3.05, 3.63) is 82.2 Å². The van der Waals surface area contributed by atoms with Gasteiger partial charge in [0, 0.05) is 23.5 Å². The third kappa shape index (κ3) is 10.8. The molecule has 0 aliphatic rings. The molecule has 2 rings (SSSR count). The van der Waals surface area contributed by atoms with Crippen molar-refractivity contribution in [2.24, 2.45) is 5.11 Å². The third-order valence-electron chi connectivity index (χ3n) is 6.61. The zero-order valence-corrected chi connectivity index (χ0v) is 22.1. The molecule has 3 atom stereocenters. The van der Waals surface area contributed by atoms with Gasteiger partial charge < -0.3 is 9.47 Å². The molecule has 2 aromatic carbocycles. The summed E-state index contributed by atoms with van der Waals surface area (Å²) < 4.78 is 11.5. The largest absolute Gasteiger partial charge is 0.469 e. The number of hydrogen-bond donors (Lipinski definition) is 0. The maximum atomic E-state index is 12.5. The van der Waals surface area contributed by atoms with Gasteiger partial charge in [0.2, 0.25) is 0 Å². The van der Waals surface area contributed by atoms with Crippen molar-refractivity contribution in [3.63, 3.8) is 0 Å². The zero-order valence-electron chi connectivity index (χ0n) is 22.1. The summed E-state index contributed by atoms with van der Waals surface area (Å²) >= 11 is 0. The molecule has 0 spiro atoms. The lowest BCUT2D eigenvalue weighted by molar-refractivity contribution is -0.142. The summed E-state index contributed by atoms with van der Waals surface area (Å²) in [5.74, 6) is -0.226. The molecular formula is C29H42N4O3. The predicted molar refractivity (Wildman–Crippen MR) is 144 cm³/mol. The fourth-order valence-electron chi connectivity index (χ4n) is 4.58. The Bertz CT molecular complexity index is 903. The van der Waals surface area contributed by atoms with E-state index >= 15 is 0 Å². The van der Waals surface area contributed by atoms with Crippen molar-refractivity contribution >= 4 is 5.97 Å². The number of rotatable bonds is 18. The zero-order chi connectivity index (χ0) is 26.0. The Morgan fingerprint density at radius 3 is 2.39 bits per heavy atom. The van der Waals surface area contributed by atoms with E-state index in [1.165, 1.54) is 12.7 Å². The van der Waals surface area contributed by atoms with Gasteiger partial charge in [0.05, 0.1) is 26.2 Å². The molecular weight excluding hydrogens is 452 g/mol. The maximum Gasteiger partial charge on any atom is 0.307 e. The molecule has 0 bridgehead atoms. The fraction of sp³-hybridized carbons (Fsp3) is 0.552. The molecule has 0 fully saturated rings. The second-order valence-electron chi connectivity index (χ2n) is 9.22. The highest BCUT2D eigenvalue weighted by molar-refractivity contribution is 5.69. The number of unbranched alkanes of at least 4 members (excludes halogenated alkanes) is 2. The smallest absolute Gasteiger partial charge is 0.307 e. The lowest BCUT2D eigenvalue weighted by atomic mass is 9.96. The van der Waals surface area contributed by atoms with E-state index in [1.807, 2.05) is 36.4 Å². The van der Waals surface area contributed by atoms with E-state index < -0.39 is 0 Å². The molecule has 36 heavy (non-hydrogen) atoms. The Balaban J connectivity index is 2.27. The number of carbonyl (C=O) groups is 1. The minimum Gasteiger partial charge on any atom is -0.469 e. The normalized spacial score (nSPS) is 13.6. The molecule has 0 amide bonds. The van der Waals surface area contributed by atoms with Gasteiger partial charge in [-0.05, 0) is 49.4 Å². The van der Waals surface area contributed by atoms with Crippen LogP contribution >= 0.6 is 0 Å². The number of nitrogens with zero attached hydrogens (tertiary/aromatic N) is 4. The molecule has 2 aromatic rings. The molecule has 0 N–H and O–H groups in total. The van der Waals surface area contributed by atoms with Crippen LogP contribution in [0.1, 0.15) is 76.0 Å². The number of methoxy groups -OCH3 is 1. The number of carbonyl (C=O) groups excluding carboxylic acids is 1. The van der Waals surface area contributed by atoms with Crippen LogP contribution in [-0.2, 0) is 20.9 Å². The quantitative estimate of drug-likeness (QED) is 0.0718. The first-order valence-electron chi connectivity index (χ1n) is 13.1. The van der Waals surface area contributed by atoms with Gasteiger partial charge in [-0.1, -0.05) is 92.0 Å². The van der Waals surface area contributed by atoms with Crippen LogP contribution in [0.2, 0.25) is 0 Å². The van der Waals surface area contributed by atoms with Crippen molar-refractivity contribution < 1.29 is 14.3 Å². The van der Waals surface area contributed by atoms with Crippen LogP contribution in [0.3, 0.4) is 0 Å². The topological polar surface area (TPSA) is 87.5 Å². The highest BCUT2D eigenvalue weighted by atomic mass is 16.5. The molecule has 0 aromatic heterocycles. The van der Waals surface area contributed by atoms with Crippen LogP contribution in [0.15, 0.2) is 65.8 Å². The van der Waals surface area contributed by atoms with E-state index in [0.717, 1.165) is 37.7 Å². The molecule has 196 valence electrons. The van der Waals surface area contributed by atoms with Gasteiger partial charge in [-0.15, -0.1) is 0 Å². The lowest BCUT2D eigenvalue weighted by Crippen LogP contribution is -2.42. The van der Waals surface area contributed by atoms with Gasteiger partial charge >= 0.3 is 5.97 Å². The molecule has 0 unspecified atom stereocenters. The molecule has 7 nitrogen and oxygen atoms in total. The molecule has 0 saturated carbocycles. The van der Waals surface area contributed by atoms with Gasteiger partial charge in [0.25, 0.3) is 0 Å². The summed E-state index contributed by atoms with van der Waals surface area (Å²) in [4.78, 5) is 17.8. The molecule has 0 aliphatic heterocycles. The molecule has 0 saturated heterocycles. The SMILES string of the molecule is CCCCC[C@H](C[C@H](CC(=O)OC)N(CCCN=[N+]=[N-])[C@H](C)c1ccccc1)OCc1ccccc1. The maximum absolute atomic E-state index is 12.5. The summed E-state index contributed by atoms with van der Waals surface area (Å²) in [6.45, 7) is 6.05. The van der Waals surface area contributed by atoms with Crippen LogP contribution in [0, 0.1) is 0 Å². The van der Waals surface area contributed by atoms with Gasteiger partial charge in [-0.2, -0.15) is 0 Å². The van der Waals surface area contributed by atoms with Crippen LogP contribution < -0.4 is 0 Å². The summed E-state index contributed by atoms with van der Waals surface area (Å²) in [6, 6.07) is 20.5. The first kappa shape index (κ1) is 29.4. The number of hydrogen-bond acceptors (Lipinski definition) is 5. The average Bonchev–Trinajstić information content (AvgIpc) is 2.92. The predicted octanol–water partition coefficient (Wildman–Crippen LogP) is 7.24. The van der Waals surface area contributed by atoms with Crippen LogP contribution in [0.25, 0.3) is 10.4 Å². The van der Waals surface area contributed by atoms with Gasteiger partial charge in [-0.25, -0.2) is 0 Å². The third-order valence-corrected chi connectivity index (χ3v) is 6.61. The van der Waals surface area contributed by atoms with Crippen molar-refractivity contribution in [3.8, 4) is 0 Å². The summed E-state index contributed by atoms with van der Waals surface area (Å²) in [7, 11) is 1.44. The van der Waals surface area contributed by atoms with Crippen LogP contribution in [0.5, 0.6) is 0 Å². The minimum absolute atomic E-state index is 0.0222. The molecule has 7 heteroatoms.